The molecule has 1 heterocycles. The second kappa shape index (κ2) is 12.3. The number of alkyl halides is 6. The van der Waals surface area contributed by atoms with Crippen LogP contribution in [0.2, 0.25) is 0 Å². The van der Waals surface area contributed by atoms with Crippen LogP contribution < -0.4 is 4.74 Å². The molecule has 4 bridgehead atoms. The molecule has 0 radical (unpaired) electrons. The van der Waals surface area contributed by atoms with E-state index in [2.05, 4.69) is 4.74 Å². The molecular formula is C32H38F6O7S2. The molecule has 0 aromatic heterocycles. The van der Waals surface area contributed by atoms with Crippen molar-refractivity contribution in [1.29, 1.82) is 0 Å². The van der Waals surface area contributed by atoms with Crippen LogP contribution in [0.1, 0.15) is 51.4 Å². The van der Waals surface area contributed by atoms with Crippen molar-refractivity contribution < 1.29 is 57.4 Å². The summed E-state index contributed by atoms with van der Waals surface area (Å²) in [5.41, 5.74) is -6.80. The first kappa shape index (κ1) is 34.6. The van der Waals surface area contributed by atoms with Crippen molar-refractivity contribution in [2.75, 3.05) is 37.6 Å². The number of hydrogen-bond donors (Lipinski definition) is 0. The van der Waals surface area contributed by atoms with Gasteiger partial charge in [-0.3, -0.25) is 4.79 Å². The third-order valence-electron chi connectivity index (χ3n) is 10.3. The molecule has 4 saturated carbocycles. The summed E-state index contributed by atoms with van der Waals surface area (Å²) in [4.78, 5) is 13.9. The Balaban J connectivity index is 1.35. The van der Waals surface area contributed by atoms with Crippen LogP contribution in [0, 0.1) is 23.2 Å². The zero-order chi connectivity index (χ0) is 33.9. The molecule has 7 nitrogen and oxygen atoms in total. The highest BCUT2D eigenvalue weighted by atomic mass is 32.3. The van der Waals surface area contributed by atoms with E-state index >= 15 is 0 Å². The second-order valence-electron chi connectivity index (χ2n) is 13.6. The topological polar surface area (TPSA) is 88.1 Å². The van der Waals surface area contributed by atoms with Gasteiger partial charge in [-0.05, 0) is 86.6 Å². The van der Waals surface area contributed by atoms with Crippen LogP contribution in [0.3, 0.4) is 0 Å². The lowest BCUT2D eigenvalue weighted by atomic mass is 9.49. The van der Waals surface area contributed by atoms with E-state index in [0.29, 0.717) is 40.9 Å². The molecular weight excluding hydrogens is 674 g/mol. The van der Waals surface area contributed by atoms with Gasteiger partial charge in [0.25, 0.3) is 10.1 Å². The Morgan fingerprint density at radius 1 is 0.851 bits per heavy atom. The molecule has 0 unspecified atom stereocenters. The molecule has 4 aliphatic carbocycles. The highest BCUT2D eigenvalue weighted by Crippen LogP contribution is 2.65. The predicted octanol–water partition coefficient (Wildman–Crippen LogP) is 7.71. The van der Waals surface area contributed by atoms with Crippen LogP contribution in [0.4, 0.5) is 26.3 Å². The number of methoxy groups -OCH3 is 1. The first-order chi connectivity index (χ1) is 22.0. The molecule has 262 valence electrons. The number of carbonyl (C=O) groups excluding carboxylic acids is 1. The normalized spacial score (nSPS) is 28.0. The van der Waals surface area contributed by atoms with Gasteiger partial charge in [0.2, 0.25) is 0 Å². The molecule has 1 saturated heterocycles. The number of halogens is 6. The maximum atomic E-state index is 14.7. The number of esters is 1. The van der Waals surface area contributed by atoms with E-state index in [1.54, 1.807) is 36.4 Å². The van der Waals surface area contributed by atoms with Crippen molar-refractivity contribution in [3.05, 3.63) is 36.4 Å². The van der Waals surface area contributed by atoms with Gasteiger partial charge in [-0.25, -0.2) is 3.63 Å². The van der Waals surface area contributed by atoms with Gasteiger partial charge in [0.1, 0.15) is 18.1 Å². The van der Waals surface area contributed by atoms with Gasteiger partial charge in [0.05, 0.1) is 12.0 Å². The highest BCUT2D eigenvalue weighted by Gasteiger charge is 2.77. The molecule has 2 aromatic rings. The molecule has 7 rings (SSSR count). The van der Waals surface area contributed by atoms with E-state index in [0.717, 1.165) is 19.3 Å². The van der Waals surface area contributed by atoms with Gasteiger partial charge < -0.3 is 14.2 Å². The van der Waals surface area contributed by atoms with Crippen molar-refractivity contribution in [2.45, 2.75) is 74.2 Å². The first-order valence-corrected chi connectivity index (χ1v) is 19.2. The lowest BCUT2D eigenvalue weighted by Crippen LogP contribution is -2.65. The number of rotatable bonds is 11. The summed E-state index contributed by atoms with van der Waals surface area (Å²) in [6.07, 6.45) is -8.95. The molecule has 15 heteroatoms. The second-order valence-corrected chi connectivity index (χ2v) is 18.4. The van der Waals surface area contributed by atoms with Gasteiger partial charge >= 0.3 is 23.9 Å². The van der Waals surface area contributed by atoms with Crippen LogP contribution in [0.25, 0.3) is 10.8 Å². The molecule has 5 aliphatic rings. The summed E-state index contributed by atoms with van der Waals surface area (Å²) in [6, 6.07) is 9.96. The van der Waals surface area contributed by atoms with E-state index < -0.39 is 55.5 Å². The maximum Gasteiger partial charge on any atom is 0.438 e. The van der Waals surface area contributed by atoms with E-state index in [9.17, 15) is 39.6 Å². The van der Waals surface area contributed by atoms with Crippen LogP contribution in [-0.4, -0.2) is 69.9 Å². The fourth-order valence-electron chi connectivity index (χ4n) is 8.59. The van der Waals surface area contributed by atoms with E-state index in [-0.39, 0.29) is 55.1 Å². The number of carbonyl (C=O) groups is 1. The standard InChI is InChI=1S/C32H38F6O7S2/c1-42-10-11-43-26-8-9-27(25-7-3-2-6-24(25)26)46(12-4-5-13-46)45-47(40,41)20-30(31(33,34)35,32(36,37)38)44-28(39)29-17-21-14-22(18-29)16-23(15-21)19-29/h2-3,6-9,21-23H,4-5,10-20H2,1H3. The maximum absolute atomic E-state index is 14.7. The van der Waals surface area contributed by atoms with Gasteiger partial charge in [0.15, 0.2) is 0 Å². The quantitative estimate of drug-likeness (QED) is 0.134. The number of benzene rings is 2. The van der Waals surface area contributed by atoms with Crippen molar-refractivity contribution in [1.82, 2.24) is 0 Å². The van der Waals surface area contributed by atoms with Crippen molar-refractivity contribution >= 4 is 37.2 Å². The molecule has 47 heavy (non-hydrogen) atoms. The van der Waals surface area contributed by atoms with Gasteiger partial charge in [-0.2, -0.15) is 34.8 Å². The zero-order valence-electron chi connectivity index (χ0n) is 25.8. The van der Waals surface area contributed by atoms with Crippen molar-refractivity contribution in [3.8, 4) is 5.75 Å². The Hall–Kier alpha value is -2.23. The minimum absolute atomic E-state index is 0.0180. The Labute approximate surface area is 271 Å². The monoisotopic (exact) mass is 712 g/mol. The number of hydrogen-bond acceptors (Lipinski definition) is 7. The van der Waals surface area contributed by atoms with E-state index in [1.165, 1.54) is 7.11 Å². The fourth-order valence-corrected chi connectivity index (χ4v) is 15.0. The fraction of sp³-hybridized carbons (Fsp3) is 0.656. The Morgan fingerprint density at radius 2 is 1.40 bits per heavy atom. The first-order valence-electron chi connectivity index (χ1n) is 15.7. The van der Waals surface area contributed by atoms with E-state index in [4.69, 9.17) is 13.1 Å². The molecule has 0 N–H and O–H groups in total. The summed E-state index contributed by atoms with van der Waals surface area (Å²) in [7, 11) is -7.05. The average Bonchev–Trinajstić information content (AvgIpc) is 3.43. The Bertz CT molecular complexity index is 1550. The average molecular weight is 713 g/mol. The van der Waals surface area contributed by atoms with Crippen LogP contribution in [0.5, 0.6) is 5.75 Å². The predicted molar refractivity (Wildman–Crippen MR) is 163 cm³/mol. The molecule has 2 aromatic carbocycles. The molecule has 0 amide bonds. The zero-order valence-corrected chi connectivity index (χ0v) is 27.5. The summed E-state index contributed by atoms with van der Waals surface area (Å²) in [5, 5.41) is 1.09. The molecule has 1 aliphatic heterocycles. The lowest BCUT2D eigenvalue weighted by molar-refractivity contribution is -0.364. The smallest absolute Gasteiger partial charge is 0.438 e. The van der Waals surface area contributed by atoms with Gasteiger partial charge in [0, 0.05) is 28.9 Å². The van der Waals surface area contributed by atoms with Gasteiger partial charge in [-0.1, -0.05) is 34.6 Å². The van der Waals surface area contributed by atoms with Crippen LogP contribution >= 0.6 is 10.3 Å². The van der Waals surface area contributed by atoms with Crippen LogP contribution in [0.15, 0.2) is 41.3 Å². The number of ether oxygens (including phenoxy) is 3. The summed E-state index contributed by atoms with van der Waals surface area (Å²) >= 11 is 0. The minimum Gasteiger partial charge on any atom is -0.491 e. The number of fused-ring (bicyclic) bond motifs is 1. The van der Waals surface area contributed by atoms with Gasteiger partial charge in [-0.15, -0.1) is 0 Å². The van der Waals surface area contributed by atoms with Crippen molar-refractivity contribution in [3.63, 3.8) is 0 Å². The lowest BCUT2D eigenvalue weighted by Gasteiger charge is -2.55. The van der Waals surface area contributed by atoms with Crippen LogP contribution in [-0.2, 0) is 28.0 Å². The SMILES string of the molecule is COCCOc1ccc(S2(OS(=O)(=O)CC(OC(=O)C34CC5CC(CC(C5)C3)C4)(C(F)(F)F)C(F)(F)F)CCCC2)c2ccccc12. The Kier molecular flexibility index (Phi) is 9.04. The molecule has 5 fully saturated rings. The Morgan fingerprint density at radius 3 is 1.94 bits per heavy atom. The highest BCUT2D eigenvalue weighted by molar-refractivity contribution is 8.33. The third-order valence-corrected chi connectivity index (χ3v) is 15.9. The molecule has 0 spiro atoms. The minimum atomic E-state index is -6.30. The summed E-state index contributed by atoms with van der Waals surface area (Å²) in [5.74, 6) is -3.54. The van der Waals surface area contributed by atoms with E-state index in [1.807, 2.05) is 0 Å². The van der Waals surface area contributed by atoms with Crippen molar-refractivity contribution in [2.24, 2.45) is 23.2 Å². The third kappa shape index (κ3) is 6.34. The largest absolute Gasteiger partial charge is 0.491 e. The molecule has 0 atom stereocenters. The summed E-state index contributed by atoms with van der Waals surface area (Å²) in [6.45, 7) is 0.502. The summed E-state index contributed by atoms with van der Waals surface area (Å²) < 4.78 is 137.